The van der Waals surface area contributed by atoms with Crippen LogP contribution in [0.15, 0.2) is 24.5 Å². The zero-order chi connectivity index (χ0) is 22.0. The minimum atomic E-state index is -1.10. The summed E-state index contributed by atoms with van der Waals surface area (Å²) in [6.07, 6.45) is 1.70. The Bertz CT molecular complexity index is 1070. The van der Waals surface area contributed by atoms with E-state index >= 15 is 0 Å². The van der Waals surface area contributed by atoms with Gasteiger partial charge in [-0.3, -0.25) is 0 Å². The smallest absolute Gasteiger partial charge is 0.337 e. The molecule has 2 aromatic heterocycles. The van der Waals surface area contributed by atoms with Crippen LogP contribution in [0.3, 0.4) is 0 Å². The van der Waals surface area contributed by atoms with Crippen LogP contribution in [-0.2, 0) is 0 Å². The number of aliphatic hydroxyl groups excluding tert-OH is 1. The minimum Gasteiger partial charge on any atom is -0.478 e. The van der Waals surface area contributed by atoms with Gasteiger partial charge in [-0.05, 0) is 38.0 Å². The first-order valence-electron chi connectivity index (χ1n) is 9.63. The van der Waals surface area contributed by atoms with E-state index in [-0.39, 0.29) is 35.2 Å². The summed E-state index contributed by atoms with van der Waals surface area (Å²) in [5.74, 6) is -0.125. The summed E-state index contributed by atoms with van der Waals surface area (Å²) < 4.78 is 1.93. The van der Waals surface area contributed by atoms with E-state index in [9.17, 15) is 9.90 Å². The number of imidazole rings is 1. The van der Waals surface area contributed by atoms with Crippen LogP contribution in [0.5, 0.6) is 0 Å². The fourth-order valence-electron chi connectivity index (χ4n) is 2.94. The maximum absolute atomic E-state index is 11.2. The van der Waals surface area contributed by atoms with Gasteiger partial charge in [-0.2, -0.15) is 9.97 Å². The summed E-state index contributed by atoms with van der Waals surface area (Å²) in [6, 6.07) is 4.48. The first-order chi connectivity index (χ1) is 14.2. The summed E-state index contributed by atoms with van der Waals surface area (Å²) in [4.78, 5) is 24.8. The van der Waals surface area contributed by atoms with Gasteiger partial charge in [0.25, 0.3) is 0 Å². The molecule has 3 aromatic rings. The zero-order valence-corrected chi connectivity index (χ0v) is 18.0. The first kappa shape index (κ1) is 21.8. The molecule has 0 bridgehead atoms. The van der Waals surface area contributed by atoms with Gasteiger partial charge in [0, 0.05) is 11.7 Å². The first-order valence-corrected chi connectivity index (χ1v) is 10.0. The van der Waals surface area contributed by atoms with Gasteiger partial charge in [0.2, 0.25) is 5.95 Å². The lowest BCUT2D eigenvalue weighted by Crippen LogP contribution is -2.30. The van der Waals surface area contributed by atoms with Crippen molar-refractivity contribution >= 4 is 46.2 Å². The topological polar surface area (TPSA) is 125 Å². The van der Waals surface area contributed by atoms with Crippen LogP contribution < -0.4 is 10.6 Å². The molecule has 9 nitrogen and oxygen atoms in total. The molecule has 0 amide bonds. The van der Waals surface area contributed by atoms with Gasteiger partial charge in [0.15, 0.2) is 17.0 Å². The third-order valence-corrected chi connectivity index (χ3v) is 5.07. The largest absolute Gasteiger partial charge is 0.478 e. The summed E-state index contributed by atoms with van der Waals surface area (Å²) >= 11 is 6.09. The lowest BCUT2D eigenvalue weighted by atomic mass is 10.1. The molecule has 2 heterocycles. The number of halogens is 1. The van der Waals surface area contributed by atoms with Crippen molar-refractivity contribution in [3.05, 3.63) is 35.1 Å². The summed E-state index contributed by atoms with van der Waals surface area (Å²) in [5, 5.41) is 25.3. The Labute approximate surface area is 179 Å². The Morgan fingerprint density at radius 1 is 1.23 bits per heavy atom. The molecule has 30 heavy (non-hydrogen) atoms. The van der Waals surface area contributed by atoms with Crippen molar-refractivity contribution in [2.24, 2.45) is 5.92 Å². The van der Waals surface area contributed by atoms with Gasteiger partial charge in [-0.15, -0.1) is 0 Å². The number of carboxylic acids is 1. The van der Waals surface area contributed by atoms with E-state index in [2.05, 4.69) is 25.6 Å². The molecule has 160 valence electrons. The van der Waals surface area contributed by atoms with Gasteiger partial charge >= 0.3 is 5.97 Å². The number of carboxylic acid groups (broad SMARTS) is 1. The number of nitrogens with one attached hydrogen (secondary N) is 2. The lowest BCUT2D eigenvalue weighted by Gasteiger charge is -2.20. The Hall–Kier alpha value is -2.91. The monoisotopic (exact) mass is 432 g/mol. The average molecular weight is 433 g/mol. The second-order valence-corrected chi connectivity index (χ2v) is 8.02. The van der Waals surface area contributed by atoms with Crippen LogP contribution in [-0.4, -0.2) is 48.4 Å². The van der Waals surface area contributed by atoms with Gasteiger partial charge in [0.1, 0.15) is 0 Å². The van der Waals surface area contributed by atoms with E-state index < -0.39 is 5.97 Å². The molecule has 10 heteroatoms. The molecule has 0 saturated carbocycles. The van der Waals surface area contributed by atoms with Crippen molar-refractivity contribution in [1.82, 2.24) is 19.5 Å². The van der Waals surface area contributed by atoms with Gasteiger partial charge in [0.05, 0.1) is 29.6 Å². The highest BCUT2D eigenvalue weighted by atomic mass is 35.5. The molecular weight excluding hydrogens is 408 g/mol. The van der Waals surface area contributed by atoms with Gasteiger partial charge in [-0.25, -0.2) is 9.78 Å². The molecule has 0 radical (unpaired) electrons. The minimum absolute atomic E-state index is 0.0178. The fraction of sp³-hybridized carbons (Fsp3) is 0.400. The number of aliphatic hydroxyl groups is 1. The zero-order valence-electron chi connectivity index (χ0n) is 17.2. The molecule has 1 aromatic carbocycles. The normalized spacial score (nSPS) is 12.5. The van der Waals surface area contributed by atoms with Crippen LogP contribution in [0.2, 0.25) is 5.02 Å². The Morgan fingerprint density at radius 2 is 1.97 bits per heavy atom. The number of anilines is 3. The van der Waals surface area contributed by atoms with E-state index in [4.69, 9.17) is 16.7 Å². The second-order valence-electron chi connectivity index (χ2n) is 7.62. The van der Waals surface area contributed by atoms with Crippen LogP contribution in [0.4, 0.5) is 17.5 Å². The maximum atomic E-state index is 11.2. The average Bonchev–Trinajstić information content (AvgIpc) is 3.10. The summed E-state index contributed by atoms with van der Waals surface area (Å²) in [5.41, 5.74) is 1.79. The van der Waals surface area contributed by atoms with Crippen LogP contribution >= 0.6 is 11.6 Å². The van der Waals surface area contributed by atoms with E-state index in [0.29, 0.717) is 28.6 Å². The highest BCUT2D eigenvalue weighted by Gasteiger charge is 2.19. The SMILES string of the molecule is CC(C)[C@@H](CO)Nc1nc(Nc2ccc(C(=O)O)c(Cl)c2)c2ncn(C(C)C)c2n1. The number of aromatic nitrogens is 4. The maximum Gasteiger partial charge on any atom is 0.337 e. The molecule has 3 rings (SSSR count). The second kappa shape index (κ2) is 8.85. The number of fused-ring (bicyclic) bond motifs is 1. The Morgan fingerprint density at radius 3 is 2.53 bits per heavy atom. The quantitative estimate of drug-likeness (QED) is 0.422. The van der Waals surface area contributed by atoms with E-state index in [0.717, 1.165) is 0 Å². The van der Waals surface area contributed by atoms with Crippen LogP contribution in [0.1, 0.15) is 44.1 Å². The molecule has 0 fully saturated rings. The van der Waals surface area contributed by atoms with Crippen LogP contribution in [0.25, 0.3) is 11.2 Å². The van der Waals surface area contributed by atoms with Crippen molar-refractivity contribution in [2.75, 3.05) is 17.2 Å². The third kappa shape index (κ3) is 4.47. The molecule has 0 aliphatic carbocycles. The van der Waals surface area contributed by atoms with E-state index in [1.165, 1.54) is 12.1 Å². The Balaban J connectivity index is 2.06. The van der Waals surface area contributed by atoms with Gasteiger partial charge < -0.3 is 25.4 Å². The molecule has 0 saturated heterocycles. The number of rotatable bonds is 8. The third-order valence-electron chi connectivity index (χ3n) is 4.76. The summed E-state index contributed by atoms with van der Waals surface area (Å²) in [6.45, 7) is 7.99. The lowest BCUT2D eigenvalue weighted by molar-refractivity contribution is 0.0697. The van der Waals surface area contributed by atoms with E-state index in [1.54, 1.807) is 12.4 Å². The van der Waals surface area contributed by atoms with Gasteiger partial charge in [-0.1, -0.05) is 25.4 Å². The molecular formula is C20H25ClN6O3. The number of hydrogen-bond donors (Lipinski definition) is 4. The van der Waals surface area contributed by atoms with Crippen molar-refractivity contribution < 1.29 is 15.0 Å². The molecule has 0 spiro atoms. The molecule has 0 aliphatic rings. The summed E-state index contributed by atoms with van der Waals surface area (Å²) in [7, 11) is 0. The predicted octanol–water partition coefficient (Wildman–Crippen LogP) is 3.93. The molecule has 4 N–H and O–H groups in total. The number of hydrogen-bond acceptors (Lipinski definition) is 7. The standard InChI is InChI=1S/C20H25ClN6O3/c1-10(2)15(8-28)24-20-25-17(16-18(26-20)27(9-22-16)11(3)4)23-12-5-6-13(19(29)30)14(21)7-12/h5-7,9-11,15,28H,8H2,1-4H3,(H,29,30)(H2,23,24,25,26)/t15-/m1/s1. The van der Waals surface area contributed by atoms with Crippen molar-refractivity contribution in [3.8, 4) is 0 Å². The molecule has 0 unspecified atom stereocenters. The highest BCUT2D eigenvalue weighted by Crippen LogP contribution is 2.28. The number of carbonyl (C=O) groups is 1. The number of benzene rings is 1. The van der Waals surface area contributed by atoms with Crippen molar-refractivity contribution in [2.45, 2.75) is 39.8 Å². The highest BCUT2D eigenvalue weighted by molar-refractivity contribution is 6.33. The Kier molecular flexibility index (Phi) is 6.42. The predicted molar refractivity (Wildman–Crippen MR) is 117 cm³/mol. The van der Waals surface area contributed by atoms with E-state index in [1.807, 2.05) is 32.3 Å². The number of nitrogens with zero attached hydrogens (tertiary/aromatic N) is 4. The number of aromatic carboxylic acids is 1. The fourth-order valence-corrected chi connectivity index (χ4v) is 3.20. The van der Waals surface area contributed by atoms with Crippen LogP contribution in [0, 0.1) is 5.92 Å². The van der Waals surface area contributed by atoms with Crippen molar-refractivity contribution in [1.29, 1.82) is 0 Å². The molecule has 1 atom stereocenters. The molecule has 0 aliphatic heterocycles. The van der Waals surface area contributed by atoms with Crippen molar-refractivity contribution in [3.63, 3.8) is 0 Å².